The number of Topliss-reactive ketones (excluding diaryl/α,β-unsaturated/α-hetero) is 1. The van der Waals surface area contributed by atoms with E-state index in [0.717, 1.165) is 31.3 Å². The van der Waals surface area contributed by atoms with Crippen LogP contribution in [0.5, 0.6) is 0 Å². The number of ketones is 1. The first-order valence-corrected chi connectivity index (χ1v) is 16.5. The molecule has 1 saturated heterocycles. The average molecular weight is 611 g/mol. The van der Waals surface area contributed by atoms with E-state index in [1.54, 1.807) is 0 Å². The Morgan fingerprint density at radius 3 is 2.50 bits per heavy atom. The molecule has 1 spiro atoms. The zero-order valence-corrected chi connectivity index (χ0v) is 25.6. The van der Waals surface area contributed by atoms with Crippen LogP contribution in [0.15, 0.2) is 11.1 Å². The lowest BCUT2D eigenvalue weighted by atomic mass is 9.43. The summed E-state index contributed by atoms with van der Waals surface area (Å²) < 4.78 is 54.0. The first-order chi connectivity index (χ1) is 19.5. The maximum Gasteiger partial charge on any atom is 0.397 e. The lowest BCUT2D eigenvalue weighted by Gasteiger charge is -2.59. The van der Waals surface area contributed by atoms with E-state index in [1.807, 2.05) is 13.8 Å². The van der Waals surface area contributed by atoms with E-state index >= 15 is 0 Å². The van der Waals surface area contributed by atoms with Crippen LogP contribution in [-0.4, -0.2) is 72.4 Å². The van der Waals surface area contributed by atoms with E-state index < -0.39 is 51.7 Å². The third kappa shape index (κ3) is 4.26. The lowest BCUT2D eigenvalue weighted by Crippen LogP contribution is -2.68. The van der Waals surface area contributed by atoms with E-state index in [9.17, 15) is 32.5 Å². The van der Waals surface area contributed by atoms with E-state index in [-0.39, 0.29) is 48.1 Å². The minimum absolute atomic E-state index is 0.0270. The molecule has 11 nitrogen and oxygen atoms in total. The molecule has 12 atom stereocenters. The van der Waals surface area contributed by atoms with Crippen LogP contribution in [0.1, 0.15) is 79.6 Å². The van der Waals surface area contributed by atoms with Gasteiger partial charge < -0.3 is 19.3 Å². The monoisotopic (exact) mass is 610 g/mol. The Morgan fingerprint density at radius 2 is 1.86 bits per heavy atom. The number of rotatable bonds is 6. The Labute approximate surface area is 246 Å². The molecule has 2 N–H and O–H groups in total. The highest BCUT2D eigenvalue weighted by Gasteiger charge is 2.82. The molecule has 0 unspecified atom stereocenters. The second kappa shape index (κ2) is 9.82. The molecule has 0 radical (unpaired) electrons. The van der Waals surface area contributed by atoms with Gasteiger partial charge in [-0.2, -0.15) is 8.42 Å². The number of aliphatic hydroxyl groups is 1. The SMILES string of the molecule is CC(=O)OCC1=C(C)C[C@H]([C@@H](C)[C@H]2CC[C@H]3[C@@H]4C[C@H]5O[C@]56[C@@H](O)[C@@H](OS(=O)(=O)O)CC(=O)[C@]6(C)[C@H]4CC[C@]23C)OC1=O. The summed E-state index contributed by atoms with van der Waals surface area (Å²) in [6.45, 7) is 9.51. The molecule has 0 aromatic heterocycles. The van der Waals surface area contributed by atoms with Crippen molar-refractivity contribution in [2.75, 3.05) is 6.61 Å². The summed E-state index contributed by atoms with van der Waals surface area (Å²) in [7, 11) is -4.85. The summed E-state index contributed by atoms with van der Waals surface area (Å²) in [6, 6.07) is 0. The summed E-state index contributed by atoms with van der Waals surface area (Å²) in [6.07, 6.45) is 1.20. The zero-order valence-electron chi connectivity index (χ0n) is 24.8. The summed E-state index contributed by atoms with van der Waals surface area (Å²) in [5, 5.41) is 11.3. The van der Waals surface area contributed by atoms with Gasteiger partial charge in [0.1, 0.15) is 36.3 Å². The molecule has 6 rings (SSSR count). The molecule has 5 fully saturated rings. The molecule has 2 aliphatic heterocycles. The van der Waals surface area contributed by atoms with Crippen LogP contribution in [0.4, 0.5) is 0 Å². The third-order valence-electron chi connectivity index (χ3n) is 12.5. The maximum atomic E-state index is 13.8. The van der Waals surface area contributed by atoms with E-state index in [2.05, 4.69) is 13.8 Å². The number of ether oxygens (including phenoxy) is 3. The van der Waals surface area contributed by atoms with Gasteiger partial charge in [0.25, 0.3) is 0 Å². The second-order valence-corrected chi connectivity index (χ2v) is 15.2. The summed E-state index contributed by atoms with van der Waals surface area (Å²) in [4.78, 5) is 37.9. The van der Waals surface area contributed by atoms with E-state index in [0.29, 0.717) is 30.3 Å². The predicted octanol–water partition coefficient (Wildman–Crippen LogP) is 2.95. The fourth-order valence-electron chi connectivity index (χ4n) is 10.4. The van der Waals surface area contributed by atoms with E-state index in [1.165, 1.54) is 6.92 Å². The Balaban J connectivity index is 1.21. The van der Waals surface area contributed by atoms with Gasteiger partial charge in [0.15, 0.2) is 0 Å². The van der Waals surface area contributed by atoms with Crippen molar-refractivity contribution < 1.29 is 50.9 Å². The number of hydrogen-bond donors (Lipinski definition) is 2. The zero-order chi connectivity index (χ0) is 30.6. The van der Waals surface area contributed by atoms with Crippen molar-refractivity contribution in [3.05, 3.63) is 11.1 Å². The van der Waals surface area contributed by atoms with Crippen molar-refractivity contribution in [3.63, 3.8) is 0 Å². The minimum Gasteiger partial charge on any atom is -0.461 e. The van der Waals surface area contributed by atoms with Gasteiger partial charge in [-0.3, -0.25) is 14.1 Å². The van der Waals surface area contributed by atoms with Crippen molar-refractivity contribution in [3.8, 4) is 0 Å². The van der Waals surface area contributed by atoms with Gasteiger partial charge in [-0.15, -0.1) is 0 Å². The molecule has 0 aromatic carbocycles. The highest BCUT2D eigenvalue weighted by molar-refractivity contribution is 7.80. The van der Waals surface area contributed by atoms with Crippen molar-refractivity contribution in [2.45, 2.75) is 110 Å². The molecule has 2 heterocycles. The van der Waals surface area contributed by atoms with Crippen LogP contribution in [-0.2, 0) is 43.2 Å². The van der Waals surface area contributed by atoms with Gasteiger partial charge in [0.2, 0.25) is 0 Å². The van der Waals surface area contributed by atoms with E-state index in [4.69, 9.17) is 18.4 Å². The minimum atomic E-state index is -4.85. The molecule has 4 saturated carbocycles. The van der Waals surface area contributed by atoms with Crippen molar-refractivity contribution in [1.29, 1.82) is 0 Å². The van der Waals surface area contributed by atoms with Crippen LogP contribution < -0.4 is 0 Å². The smallest absolute Gasteiger partial charge is 0.397 e. The third-order valence-corrected chi connectivity index (χ3v) is 13.0. The summed E-state index contributed by atoms with van der Waals surface area (Å²) in [5.41, 5.74) is -0.913. The van der Waals surface area contributed by atoms with Gasteiger partial charge in [0.05, 0.1) is 17.1 Å². The fraction of sp³-hybridized carbons (Fsp3) is 0.833. The number of carbonyl (C=O) groups is 3. The lowest BCUT2D eigenvalue weighted by molar-refractivity contribution is -0.178. The summed E-state index contributed by atoms with van der Waals surface area (Å²) >= 11 is 0. The largest absolute Gasteiger partial charge is 0.461 e. The van der Waals surface area contributed by atoms with Gasteiger partial charge >= 0.3 is 22.3 Å². The molecular formula is C30H42O11S. The summed E-state index contributed by atoms with van der Waals surface area (Å²) in [5.74, 6) is -0.137. The number of hydrogen-bond acceptors (Lipinski definition) is 10. The van der Waals surface area contributed by atoms with Crippen LogP contribution in [0, 0.1) is 40.4 Å². The molecule has 42 heavy (non-hydrogen) atoms. The number of epoxide rings is 1. The quantitative estimate of drug-likeness (QED) is 0.258. The Morgan fingerprint density at radius 1 is 1.14 bits per heavy atom. The first-order valence-electron chi connectivity index (χ1n) is 15.1. The molecule has 234 valence electrons. The normalized spacial score (nSPS) is 47.0. The molecule has 4 aliphatic carbocycles. The van der Waals surface area contributed by atoms with Crippen molar-refractivity contribution >= 4 is 28.1 Å². The van der Waals surface area contributed by atoms with Gasteiger partial charge in [0, 0.05) is 19.8 Å². The predicted molar refractivity (Wildman–Crippen MR) is 146 cm³/mol. The number of cyclic esters (lactones) is 1. The van der Waals surface area contributed by atoms with Crippen molar-refractivity contribution in [1.82, 2.24) is 0 Å². The maximum absolute atomic E-state index is 13.8. The standard InChI is InChI=1S/C30H42O11S/c1-14-10-22(39-27(34)18(14)13-38-16(3)31)15(2)19-6-7-20-17-11-25-30(40-25)26(33)23(41-42(35,36)37)12-24(32)29(30,5)21(17)8-9-28(19,20)4/h15,17,19-23,25-26,33H,6-13H2,1-5H3,(H,35,36,37)/t15-,17-,19+,20-,21-,22+,23-,25+,26-,28+,29-,30-/m0/s1. The van der Waals surface area contributed by atoms with Gasteiger partial charge in [-0.25, -0.2) is 8.98 Å². The fourth-order valence-corrected chi connectivity index (χ4v) is 10.9. The van der Waals surface area contributed by atoms with Crippen LogP contribution >= 0.6 is 0 Å². The molecule has 6 aliphatic rings. The Hall–Kier alpha value is -1.86. The second-order valence-electron chi connectivity index (χ2n) is 14.1. The number of fused-ring (bicyclic) bond motifs is 4. The van der Waals surface area contributed by atoms with Gasteiger partial charge in [-0.1, -0.05) is 19.4 Å². The number of aliphatic hydroxyl groups excluding tert-OH is 1. The molecule has 0 aromatic rings. The van der Waals surface area contributed by atoms with Gasteiger partial charge in [-0.05, 0) is 81.0 Å². The first kappa shape index (κ1) is 30.2. The Kier molecular flexibility index (Phi) is 7.06. The van der Waals surface area contributed by atoms with Crippen molar-refractivity contribution in [2.24, 2.45) is 40.4 Å². The average Bonchev–Trinajstić information content (AvgIpc) is 3.52. The number of carbonyl (C=O) groups excluding carboxylic acids is 3. The molecular weight excluding hydrogens is 568 g/mol. The number of esters is 2. The van der Waals surface area contributed by atoms with Crippen LogP contribution in [0.3, 0.4) is 0 Å². The highest BCUT2D eigenvalue weighted by atomic mass is 32.3. The molecule has 0 bridgehead atoms. The Bertz CT molecular complexity index is 1340. The molecule has 12 heteroatoms. The molecule has 0 amide bonds. The van der Waals surface area contributed by atoms with Crippen LogP contribution in [0.2, 0.25) is 0 Å². The topological polar surface area (TPSA) is 166 Å². The highest BCUT2D eigenvalue weighted by Crippen LogP contribution is 2.73. The van der Waals surface area contributed by atoms with Crippen LogP contribution in [0.25, 0.3) is 0 Å².